The predicted octanol–water partition coefficient (Wildman–Crippen LogP) is 15.3. The second kappa shape index (κ2) is 22.3. The molecule has 0 saturated carbocycles. The monoisotopic (exact) mass is 990 g/mol. The Kier molecular flexibility index (Phi) is 14.5. The van der Waals surface area contributed by atoms with Gasteiger partial charge in [0.1, 0.15) is 34.5 Å². The zero-order valence-corrected chi connectivity index (χ0v) is 42.4. The van der Waals surface area contributed by atoms with Crippen molar-refractivity contribution >= 4 is 51.2 Å². The largest absolute Gasteiger partial charge is 0.497 e. The molecule has 0 amide bonds. The van der Waals surface area contributed by atoms with Crippen LogP contribution in [0.3, 0.4) is 0 Å². The fourth-order valence-corrected chi connectivity index (χ4v) is 8.77. The molecule has 10 rings (SSSR count). The third-order valence-electron chi connectivity index (χ3n) is 12.8. The molecule has 0 aliphatic carbocycles. The molecular formula is C63H54N6O6. The summed E-state index contributed by atoms with van der Waals surface area (Å²) in [6.07, 6.45) is 0. The molecule has 9 aromatic carbocycles. The van der Waals surface area contributed by atoms with Crippen LogP contribution in [-0.4, -0.2) is 57.6 Å². The lowest BCUT2D eigenvalue weighted by Gasteiger charge is -2.26. The molecule has 1 heterocycles. The minimum atomic E-state index is 0.520. The number of aromatic nitrogens is 3. The molecule has 0 saturated heterocycles. The van der Waals surface area contributed by atoms with Gasteiger partial charge in [-0.05, 0) is 218 Å². The standard InChI is InChI=1S/C63H54N6O6/c1-70-55-31-19-49(20-32-55)67(50-21-33-56(71-2)34-22-50)46-13-7-43(8-14-46)61-64-62(44-9-15-47(16-10-44)68(51-23-35-57(72-3)36-24-51)52-25-37-58(73-4)38-26-52)66-63(65-61)45-11-17-48(18-12-45)69(53-27-39-59(74-5)40-28-53)54-29-41-60(75-6)42-30-54/h7-42H,1-6H3. The SMILES string of the molecule is COc1ccc(N(c2ccc(OC)cc2)c2ccc(-c3nc(-c4ccc(N(c5ccc(OC)cc5)c5ccc(OC)cc5)cc4)nc(-c4ccc(N(c5ccc(OC)cc5)c5ccc(OC)cc5)cc4)n3)cc2)cc1. The highest BCUT2D eigenvalue weighted by atomic mass is 16.5. The van der Waals surface area contributed by atoms with Gasteiger partial charge in [-0.15, -0.1) is 0 Å². The lowest BCUT2D eigenvalue weighted by molar-refractivity contribution is 0.414. The second-order valence-electron chi connectivity index (χ2n) is 17.1. The topological polar surface area (TPSA) is 104 Å². The fraction of sp³-hybridized carbons (Fsp3) is 0.0952. The summed E-state index contributed by atoms with van der Waals surface area (Å²) in [6, 6.07) is 72.7. The Morgan fingerprint density at radius 1 is 0.200 bits per heavy atom. The minimum Gasteiger partial charge on any atom is -0.497 e. The number of rotatable bonds is 18. The summed E-state index contributed by atoms with van der Waals surface area (Å²) in [5, 5.41) is 0. The molecule has 0 atom stereocenters. The molecule has 0 radical (unpaired) electrons. The van der Waals surface area contributed by atoms with E-state index in [0.29, 0.717) is 17.5 Å². The average Bonchev–Trinajstić information content (AvgIpc) is 3.49. The second-order valence-corrected chi connectivity index (χ2v) is 17.1. The van der Waals surface area contributed by atoms with Crippen molar-refractivity contribution in [3.05, 3.63) is 218 Å². The minimum absolute atomic E-state index is 0.520. The van der Waals surface area contributed by atoms with Crippen LogP contribution in [0.4, 0.5) is 51.2 Å². The third-order valence-corrected chi connectivity index (χ3v) is 12.8. The van der Waals surface area contributed by atoms with E-state index < -0.39 is 0 Å². The van der Waals surface area contributed by atoms with E-state index in [9.17, 15) is 0 Å². The van der Waals surface area contributed by atoms with Crippen LogP contribution in [0.5, 0.6) is 34.5 Å². The van der Waals surface area contributed by atoms with Crippen molar-refractivity contribution < 1.29 is 28.4 Å². The van der Waals surface area contributed by atoms with Gasteiger partial charge in [-0.2, -0.15) is 0 Å². The summed E-state index contributed by atoms with van der Waals surface area (Å²) in [4.78, 5) is 22.1. The maximum absolute atomic E-state index is 5.50. The normalized spacial score (nSPS) is 10.8. The molecule has 12 nitrogen and oxygen atoms in total. The van der Waals surface area contributed by atoms with E-state index in [2.05, 4.69) is 51.1 Å². The highest BCUT2D eigenvalue weighted by Crippen LogP contribution is 2.41. The Morgan fingerprint density at radius 2 is 0.333 bits per heavy atom. The van der Waals surface area contributed by atoms with Crippen LogP contribution in [0.25, 0.3) is 34.2 Å². The molecule has 0 bridgehead atoms. The van der Waals surface area contributed by atoms with E-state index in [4.69, 9.17) is 43.4 Å². The quantitative estimate of drug-likeness (QED) is 0.0817. The van der Waals surface area contributed by atoms with Crippen LogP contribution in [0.15, 0.2) is 218 Å². The zero-order chi connectivity index (χ0) is 51.7. The summed E-state index contributed by atoms with van der Waals surface area (Å²) < 4.78 is 33.0. The number of hydrogen-bond acceptors (Lipinski definition) is 12. The van der Waals surface area contributed by atoms with Crippen molar-refractivity contribution in [2.24, 2.45) is 0 Å². The number of nitrogens with zero attached hydrogens (tertiary/aromatic N) is 6. The number of benzene rings is 9. The molecule has 10 aromatic rings. The van der Waals surface area contributed by atoms with Crippen LogP contribution in [0, 0.1) is 0 Å². The summed E-state index contributed by atoms with van der Waals surface area (Å²) in [5.41, 5.74) is 11.0. The van der Waals surface area contributed by atoms with Crippen molar-refractivity contribution in [3.63, 3.8) is 0 Å². The molecule has 0 aliphatic heterocycles. The molecule has 0 fully saturated rings. The van der Waals surface area contributed by atoms with Gasteiger partial charge < -0.3 is 43.1 Å². The van der Waals surface area contributed by atoms with Gasteiger partial charge in [-0.1, -0.05) is 0 Å². The third kappa shape index (κ3) is 10.7. The maximum Gasteiger partial charge on any atom is 0.164 e. The first kappa shape index (κ1) is 48.8. The maximum atomic E-state index is 5.50. The number of methoxy groups -OCH3 is 6. The predicted molar refractivity (Wildman–Crippen MR) is 299 cm³/mol. The van der Waals surface area contributed by atoms with Crippen LogP contribution in [-0.2, 0) is 0 Å². The van der Waals surface area contributed by atoms with Gasteiger partial charge in [-0.25, -0.2) is 15.0 Å². The molecule has 0 unspecified atom stereocenters. The van der Waals surface area contributed by atoms with Gasteiger partial charge in [-0.3, -0.25) is 0 Å². The average molecular weight is 991 g/mol. The van der Waals surface area contributed by atoms with E-state index in [1.165, 1.54) is 0 Å². The molecule has 1 aromatic heterocycles. The van der Waals surface area contributed by atoms with Crippen molar-refractivity contribution in [3.8, 4) is 68.7 Å². The number of ether oxygens (including phenoxy) is 6. The Morgan fingerprint density at radius 3 is 0.467 bits per heavy atom. The summed E-state index contributed by atoms with van der Waals surface area (Å²) in [5.74, 6) is 6.19. The zero-order valence-electron chi connectivity index (χ0n) is 42.4. The Hall–Kier alpha value is -9.81. The first-order chi connectivity index (χ1) is 36.8. The smallest absolute Gasteiger partial charge is 0.164 e. The molecule has 0 N–H and O–H groups in total. The van der Waals surface area contributed by atoms with Crippen LogP contribution < -0.4 is 43.1 Å². The summed E-state index contributed by atoms with van der Waals surface area (Å²) in [7, 11) is 10.0. The van der Waals surface area contributed by atoms with Gasteiger partial charge in [0.15, 0.2) is 17.5 Å². The van der Waals surface area contributed by atoms with Crippen LogP contribution in [0.1, 0.15) is 0 Å². The number of anilines is 9. The van der Waals surface area contributed by atoms with E-state index >= 15 is 0 Å². The van der Waals surface area contributed by atoms with E-state index in [0.717, 1.165) is 102 Å². The first-order valence-corrected chi connectivity index (χ1v) is 24.2. The van der Waals surface area contributed by atoms with Crippen molar-refractivity contribution in [1.82, 2.24) is 15.0 Å². The first-order valence-electron chi connectivity index (χ1n) is 24.2. The molecule has 0 aliphatic rings. The van der Waals surface area contributed by atoms with Gasteiger partial charge in [0.25, 0.3) is 0 Å². The summed E-state index contributed by atoms with van der Waals surface area (Å²) in [6.45, 7) is 0. The highest BCUT2D eigenvalue weighted by molar-refractivity contribution is 5.82. The Bertz CT molecular complexity index is 2930. The highest BCUT2D eigenvalue weighted by Gasteiger charge is 2.20. The van der Waals surface area contributed by atoms with Gasteiger partial charge >= 0.3 is 0 Å². The lowest BCUT2D eigenvalue weighted by Crippen LogP contribution is -2.10. The molecule has 12 heteroatoms. The Labute approximate surface area is 437 Å². The number of hydrogen-bond donors (Lipinski definition) is 0. The van der Waals surface area contributed by atoms with Gasteiger partial charge in [0.05, 0.1) is 42.7 Å². The molecule has 0 spiro atoms. The van der Waals surface area contributed by atoms with E-state index in [-0.39, 0.29) is 0 Å². The summed E-state index contributed by atoms with van der Waals surface area (Å²) >= 11 is 0. The molecule has 372 valence electrons. The fourth-order valence-electron chi connectivity index (χ4n) is 8.77. The van der Waals surface area contributed by atoms with Crippen molar-refractivity contribution in [2.45, 2.75) is 0 Å². The van der Waals surface area contributed by atoms with E-state index in [1.807, 2.05) is 182 Å². The van der Waals surface area contributed by atoms with E-state index in [1.54, 1.807) is 42.7 Å². The molecular weight excluding hydrogens is 937 g/mol. The van der Waals surface area contributed by atoms with Crippen LogP contribution in [0.2, 0.25) is 0 Å². The van der Waals surface area contributed by atoms with Crippen LogP contribution >= 0.6 is 0 Å². The van der Waals surface area contributed by atoms with Crippen molar-refractivity contribution in [1.29, 1.82) is 0 Å². The van der Waals surface area contributed by atoms with Gasteiger partial charge in [0.2, 0.25) is 0 Å². The lowest BCUT2D eigenvalue weighted by atomic mass is 10.1. The Balaban J connectivity index is 1.06. The van der Waals surface area contributed by atoms with Crippen molar-refractivity contribution in [2.75, 3.05) is 57.4 Å². The molecule has 75 heavy (non-hydrogen) atoms. The van der Waals surface area contributed by atoms with Gasteiger partial charge in [0, 0.05) is 67.9 Å².